The third kappa shape index (κ3) is 2.64. The second-order valence-electron chi connectivity index (χ2n) is 4.65. The molecule has 0 fully saturated rings. The molecular formula is C15H15N5O. The number of anilines is 2. The molecule has 1 aromatic carbocycles. The molecule has 0 radical (unpaired) electrons. The highest BCUT2D eigenvalue weighted by Crippen LogP contribution is 2.33. The SMILES string of the molecule is Cn1cc(-c2nccc(Oc3ccc(N)cc3)c2N)cn1. The highest BCUT2D eigenvalue weighted by Gasteiger charge is 2.11. The molecule has 0 aliphatic carbocycles. The summed E-state index contributed by atoms with van der Waals surface area (Å²) in [5.41, 5.74) is 14.5. The maximum absolute atomic E-state index is 6.15. The van der Waals surface area contributed by atoms with Gasteiger partial charge in [0.25, 0.3) is 0 Å². The summed E-state index contributed by atoms with van der Waals surface area (Å²) in [7, 11) is 1.84. The van der Waals surface area contributed by atoms with Gasteiger partial charge in [0.05, 0.1) is 6.20 Å². The summed E-state index contributed by atoms with van der Waals surface area (Å²) < 4.78 is 7.48. The van der Waals surface area contributed by atoms with E-state index in [0.717, 1.165) is 5.56 Å². The van der Waals surface area contributed by atoms with Crippen LogP contribution < -0.4 is 16.2 Å². The van der Waals surface area contributed by atoms with Gasteiger partial charge in [-0.2, -0.15) is 5.10 Å². The van der Waals surface area contributed by atoms with Crippen LogP contribution in [0.3, 0.4) is 0 Å². The van der Waals surface area contributed by atoms with Crippen molar-refractivity contribution in [2.75, 3.05) is 11.5 Å². The van der Waals surface area contributed by atoms with Gasteiger partial charge in [-0.15, -0.1) is 0 Å². The van der Waals surface area contributed by atoms with Crippen LogP contribution in [0.25, 0.3) is 11.3 Å². The number of aromatic nitrogens is 3. The molecular weight excluding hydrogens is 266 g/mol. The van der Waals surface area contributed by atoms with Gasteiger partial charge in [0.2, 0.25) is 0 Å². The van der Waals surface area contributed by atoms with Gasteiger partial charge in [0.1, 0.15) is 17.1 Å². The molecule has 0 saturated carbocycles. The lowest BCUT2D eigenvalue weighted by Gasteiger charge is -2.10. The van der Waals surface area contributed by atoms with E-state index < -0.39 is 0 Å². The molecule has 3 aromatic rings. The predicted octanol–water partition coefficient (Wildman–Crippen LogP) is 2.44. The highest BCUT2D eigenvalue weighted by molar-refractivity contribution is 5.76. The molecule has 0 saturated heterocycles. The van der Waals surface area contributed by atoms with Crippen molar-refractivity contribution >= 4 is 11.4 Å². The van der Waals surface area contributed by atoms with Crippen molar-refractivity contribution in [1.82, 2.24) is 14.8 Å². The molecule has 21 heavy (non-hydrogen) atoms. The molecule has 0 bridgehead atoms. The Balaban J connectivity index is 1.95. The van der Waals surface area contributed by atoms with Crippen LogP contribution in [0.15, 0.2) is 48.9 Å². The smallest absolute Gasteiger partial charge is 0.154 e. The third-order valence-electron chi connectivity index (χ3n) is 3.04. The lowest BCUT2D eigenvalue weighted by molar-refractivity contribution is 0.485. The minimum absolute atomic E-state index is 0.474. The summed E-state index contributed by atoms with van der Waals surface area (Å²) in [5.74, 6) is 1.22. The number of hydrogen-bond acceptors (Lipinski definition) is 5. The van der Waals surface area contributed by atoms with Crippen molar-refractivity contribution in [2.24, 2.45) is 7.05 Å². The van der Waals surface area contributed by atoms with Crippen molar-refractivity contribution in [3.63, 3.8) is 0 Å². The molecule has 6 nitrogen and oxygen atoms in total. The van der Waals surface area contributed by atoms with Crippen LogP contribution >= 0.6 is 0 Å². The van der Waals surface area contributed by atoms with Crippen molar-refractivity contribution in [1.29, 1.82) is 0 Å². The number of ether oxygens (including phenoxy) is 1. The monoisotopic (exact) mass is 281 g/mol. The normalized spacial score (nSPS) is 10.5. The van der Waals surface area contributed by atoms with E-state index in [-0.39, 0.29) is 0 Å². The largest absolute Gasteiger partial charge is 0.455 e. The third-order valence-corrected chi connectivity index (χ3v) is 3.04. The fourth-order valence-corrected chi connectivity index (χ4v) is 1.98. The Labute approximate surface area is 122 Å². The van der Waals surface area contributed by atoms with E-state index in [2.05, 4.69) is 10.1 Å². The molecule has 0 spiro atoms. The number of pyridine rings is 1. The van der Waals surface area contributed by atoms with Crippen molar-refractivity contribution in [2.45, 2.75) is 0 Å². The Morgan fingerprint density at radius 3 is 2.52 bits per heavy atom. The number of nitrogen functional groups attached to an aromatic ring is 2. The Bertz CT molecular complexity index is 764. The van der Waals surface area contributed by atoms with Crippen molar-refractivity contribution < 1.29 is 4.74 Å². The van der Waals surface area contributed by atoms with Crippen LogP contribution in [0.2, 0.25) is 0 Å². The van der Waals surface area contributed by atoms with Crippen molar-refractivity contribution in [3.05, 3.63) is 48.9 Å². The van der Waals surface area contributed by atoms with Gasteiger partial charge in [-0.3, -0.25) is 9.67 Å². The van der Waals surface area contributed by atoms with E-state index in [1.807, 2.05) is 13.2 Å². The fraction of sp³-hybridized carbons (Fsp3) is 0.0667. The predicted molar refractivity (Wildman–Crippen MR) is 81.8 cm³/mol. The zero-order valence-electron chi connectivity index (χ0n) is 11.5. The van der Waals surface area contributed by atoms with Crippen LogP contribution in [0.5, 0.6) is 11.5 Å². The maximum atomic E-state index is 6.15. The molecule has 0 aliphatic heterocycles. The van der Waals surface area contributed by atoms with E-state index >= 15 is 0 Å². The van der Waals surface area contributed by atoms with Crippen LogP contribution in [0.4, 0.5) is 11.4 Å². The molecule has 4 N–H and O–H groups in total. The maximum Gasteiger partial charge on any atom is 0.154 e. The molecule has 0 atom stereocenters. The van der Waals surface area contributed by atoms with E-state index in [9.17, 15) is 0 Å². The van der Waals surface area contributed by atoms with Crippen molar-refractivity contribution in [3.8, 4) is 22.8 Å². The standard InChI is InChI=1S/C15H15N5O/c1-20-9-10(8-19-20)15-14(17)13(6-7-18-15)21-12-4-2-11(16)3-5-12/h2-9H,16-17H2,1H3. The summed E-state index contributed by atoms with van der Waals surface area (Å²) in [5, 5.41) is 4.12. The topological polar surface area (TPSA) is 92.0 Å². The lowest BCUT2D eigenvalue weighted by Crippen LogP contribution is -1.97. The zero-order chi connectivity index (χ0) is 14.8. The summed E-state index contributed by atoms with van der Waals surface area (Å²) in [6.07, 6.45) is 5.22. The molecule has 2 aromatic heterocycles. The average Bonchev–Trinajstić information content (AvgIpc) is 2.90. The van der Waals surface area contributed by atoms with Gasteiger partial charge in [-0.05, 0) is 24.3 Å². The molecule has 3 rings (SSSR count). The Kier molecular flexibility index (Phi) is 3.19. The van der Waals surface area contributed by atoms with Crippen LogP contribution in [-0.2, 0) is 7.05 Å². The van der Waals surface area contributed by atoms with Gasteiger partial charge in [0, 0.05) is 36.8 Å². The summed E-state index contributed by atoms with van der Waals surface area (Å²) >= 11 is 0. The fourth-order valence-electron chi connectivity index (χ4n) is 1.98. The van der Waals surface area contributed by atoms with Gasteiger partial charge in [-0.1, -0.05) is 0 Å². The molecule has 2 heterocycles. The van der Waals surface area contributed by atoms with Gasteiger partial charge in [-0.25, -0.2) is 0 Å². The number of nitrogens with two attached hydrogens (primary N) is 2. The average molecular weight is 281 g/mol. The zero-order valence-corrected chi connectivity index (χ0v) is 11.5. The molecule has 0 unspecified atom stereocenters. The van der Waals surface area contributed by atoms with Crippen LogP contribution in [0.1, 0.15) is 0 Å². The van der Waals surface area contributed by atoms with Gasteiger partial charge in [0.15, 0.2) is 5.75 Å². The first-order valence-corrected chi connectivity index (χ1v) is 6.40. The quantitative estimate of drug-likeness (QED) is 0.719. The van der Waals surface area contributed by atoms with Gasteiger partial charge >= 0.3 is 0 Å². The first kappa shape index (κ1) is 13.0. The van der Waals surface area contributed by atoms with Gasteiger partial charge < -0.3 is 16.2 Å². The summed E-state index contributed by atoms with van der Waals surface area (Å²) in [6.45, 7) is 0. The van der Waals surface area contributed by atoms with Crippen LogP contribution in [0, 0.1) is 0 Å². The highest BCUT2D eigenvalue weighted by atomic mass is 16.5. The number of nitrogens with zero attached hydrogens (tertiary/aromatic N) is 3. The second kappa shape index (κ2) is 5.16. The number of rotatable bonds is 3. The van der Waals surface area contributed by atoms with E-state index in [1.54, 1.807) is 47.4 Å². The molecule has 0 amide bonds. The lowest BCUT2D eigenvalue weighted by atomic mass is 10.2. The Hall–Kier alpha value is -3.02. The molecule has 6 heteroatoms. The number of benzene rings is 1. The molecule has 0 aliphatic rings. The molecule has 106 valence electrons. The van der Waals surface area contributed by atoms with E-state index in [4.69, 9.17) is 16.2 Å². The Morgan fingerprint density at radius 1 is 1.10 bits per heavy atom. The first-order chi connectivity index (χ1) is 10.1. The summed E-state index contributed by atoms with van der Waals surface area (Å²) in [6, 6.07) is 8.85. The number of hydrogen-bond donors (Lipinski definition) is 2. The summed E-state index contributed by atoms with van der Waals surface area (Å²) in [4.78, 5) is 4.30. The van der Waals surface area contributed by atoms with Crippen LogP contribution in [-0.4, -0.2) is 14.8 Å². The van der Waals surface area contributed by atoms with E-state index in [0.29, 0.717) is 28.6 Å². The minimum atomic E-state index is 0.474. The first-order valence-electron chi connectivity index (χ1n) is 6.40. The second-order valence-corrected chi connectivity index (χ2v) is 4.65. The van der Waals surface area contributed by atoms with E-state index in [1.165, 1.54) is 0 Å². The number of aryl methyl sites for hydroxylation is 1. The minimum Gasteiger partial charge on any atom is -0.455 e. The Morgan fingerprint density at radius 2 is 1.86 bits per heavy atom.